The third-order valence-electron chi connectivity index (χ3n) is 4.37. The number of nitrogens with zero attached hydrogens (tertiary/aromatic N) is 2. The minimum Gasteiger partial charge on any atom is -0.325 e. The van der Waals surface area contributed by atoms with Crippen molar-refractivity contribution in [1.82, 2.24) is 10.2 Å². The van der Waals surface area contributed by atoms with E-state index in [-0.39, 0.29) is 16.8 Å². The van der Waals surface area contributed by atoms with E-state index in [1.54, 1.807) is 0 Å². The SMILES string of the molecule is Cc1cc(C)c(NC(=O)CSc2nnc(NC(=O)c3ccccc3C(F)(F)F)s2)c(C)c1. The van der Waals surface area contributed by atoms with Gasteiger partial charge in [-0.15, -0.1) is 10.2 Å². The number of hydrogen-bond acceptors (Lipinski definition) is 6. The molecular formula is C21H19F3N4O2S2. The molecule has 2 aromatic carbocycles. The molecule has 0 aliphatic heterocycles. The molecule has 0 spiro atoms. The van der Waals surface area contributed by atoms with Crippen LogP contribution >= 0.6 is 23.1 Å². The zero-order valence-electron chi connectivity index (χ0n) is 17.3. The molecule has 0 bridgehead atoms. The quantitative estimate of drug-likeness (QED) is 0.361. The number of carbonyl (C=O) groups is 2. The van der Waals surface area contributed by atoms with Crippen molar-refractivity contribution < 1.29 is 22.8 Å². The molecule has 1 aromatic heterocycles. The van der Waals surface area contributed by atoms with Gasteiger partial charge in [-0.3, -0.25) is 14.9 Å². The van der Waals surface area contributed by atoms with Crippen molar-refractivity contribution >= 4 is 45.7 Å². The van der Waals surface area contributed by atoms with E-state index in [1.165, 1.54) is 12.1 Å². The molecule has 6 nitrogen and oxygen atoms in total. The summed E-state index contributed by atoms with van der Waals surface area (Å²) in [6.07, 6.45) is -4.66. The number of anilines is 2. The van der Waals surface area contributed by atoms with Crippen LogP contribution in [0.25, 0.3) is 0 Å². The maximum absolute atomic E-state index is 13.1. The molecule has 2 amide bonds. The molecule has 3 aromatic rings. The number of aryl methyl sites for hydroxylation is 3. The summed E-state index contributed by atoms with van der Waals surface area (Å²) in [6.45, 7) is 5.81. The van der Waals surface area contributed by atoms with Crippen molar-refractivity contribution in [1.29, 1.82) is 0 Å². The molecule has 0 saturated carbocycles. The molecule has 0 unspecified atom stereocenters. The van der Waals surface area contributed by atoms with E-state index in [9.17, 15) is 22.8 Å². The lowest BCUT2D eigenvalue weighted by Gasteiger charge is -2.12. The minimum absolute atomic E-state index is 0.0418. The second-order valence-corrected chi connectivity index (χ2v) is 9.18. The monoisotopic (exact) mass is 480 g/mol. The molecule has 32 heavy (non-hydrogen) atoms. The van der Waals surface area contributed by atoms with Crippen LogP contribution in [0.2, 0.25) is 0 Å². The van der Waals surface area contributed by atoms with Crippen LogP contribution in [0.4, 0.5) is 24.0 Å². The van der Waals surface area contributed by atoms with Gasteiger partial charge in [-0.25, -0.2) is 0 Å². The van der Waals surface area contributed by atoms with Gasteiger partial charge in [0.15, 0.2) is 4.34 Å². The Morgan fingerprint density at radius 3 is 2.34 bits per heavy atom. The number of rotatable bonds is 6. The Labute approximate surface area is 190 Å². The fraction of sp³-hybridized carbons (Fsp3) is 0.238. The molecule has 1 heterocycles. The lowest BCUT2D eigenvalue weighted by Crippen LogP contribution is -2.18. The van der Waals surface area contributed by atoms with Crippen LogP contribution in [0, 0.1) is 20.8 Å². The van der Waals surface area contributed by atoms with Crippen molar-refractivity contribution in [2.24, 2.45) is 0 Å². The second kappa shape index (κ2) is 9.70. The lowest BCUT2D eigenvalue weighted by molar-refractivity contribution is -0.137. The highest BCUT2D eigenvalue weighted by Gasteiger charge is 2.35. The highest BCUT2D eigenvalue weighted by atomic mass is 32.2. The Morgan fingerprint density at radius 2 is 1.69 bits per heavy atom. The number of halogens is 3. The molecule has 0 aliphatic rings. The number of thioether (sulfide) groups is 1. The van der Waals surface area contributed by atoms with Crippen LogP contribution in [-0.2, 0) is 11.0 Å². The summed E-state index contributed by atoms with van der Waals surface area (Å²) in [7, 11) is 0. The molecule has 0 atom stereocenters. The van der Waals surface area contributed by atoms with E-state index in [2.05, 4.69) is 20.8 Å². The first kappa shape index (κ1) is 23.7. The van der Waals surface area contributed by atoms with E-state index < -0.39 is 23.2 Å². The summed E-state index contributed by atoms with van der Waals surface area (Å²) in [4.78, 5) is 24.6. The largest absolute Gasteiger partial charge is 0.417 e. The Morgan fingerprint density at radius 1 is 1.03 bits per heavy atom. The number of carbonyl (C=O) groups excluding carboxylic acids is 2. The summed E-state index contributed by atoms with van der Waals surface area (Å²) in [5, 5.41) is 12.9. The Hall–Kier alpha value is -2.92. The Bertz CT molecular complexity index is 1140. The van der Waals surface area contributed by atoms with Gasteiger partial charge in [0.2, 0.25) is 11.0 Å². The van der Waals surface area contributed by atoms with Crippen LogP contribution in [0.1, 0.15) is 32.6 Å². The van der Waals surface area contributed by atoms with Gasteiger partial charge in [-0.1, -0.05) is 52.9 Å². The topological polar surface area (TPSA) is 84.0 Å². The van der Waals surface area contributed by atoms with Crippen molar-refractivity contribution in [2.45, 2.75) is 31.3 Å². The van der Waals surface area contributed by atoms with Crippen LogP contribution < -0.4 is 10.6 Å². The third kappa shape index (κ3) is 5.86. The zero-order valence-corrected chi connectivity index (χ0v) is 19.0. The average molecular weight is 481 g/mol. The fourth-order valence-electron chi connectivity index (χ4n) is 3.09. The average Bonchev–Trinajstić information content (AvgIpc) is 3.15. The van der Waals surface area contributed by atoms with Crippen molar-refractivity contribution in [3.05, 3.63) is 64.2 Å². The highest BCUT2D eigenvalue weighted by Crippen LogP contribution is 2.33. The number of alkyl halides is 3. The zero-order chi connectivity index (χ0) is 23.5. The van der Waals surface area contributed by atoms with Crippen LogP contribution in [0.5, 0.6) is 0 Å². The first-order chi connectivity index (χ1) is 15.0. The number of amides is 2. The van der Waals surface area contributed by atoms with Crippen molar-refractivity contribution in [3.63, 3.8) is 0 Å². The van der Waals surface area contributed by atoms with E-state index in [0.717, 1.165) is 57.6 Å². The van der Waals surface area contributed by atoms with E-state index in [0.29, 0.717) is 4.34 Å². The smallest absolute Gasteiger partial charge is 0.325 e. The molecule has 168 valence electrons. The van der Waals surface area contributed by atoms with Gasteiger partial charge in [-0.05, 0) is 44.0 Å². The fourth-order valence-corrected chi connectivity index (χ4v) is 4.64. The Kier molecular flexibility index (Phi) is 7.19. The van der Waals surface area contributed by atoms with Crippen LogP contribution in [0.15, 0.2) is 40.7 Å². The first-order valence-electron chi connectivity index (χ1n) is 9.36. The van der Waals surface area contributed by atoms with Gasteiger partial charge >= 0.3 is 6.18 Å². The molecule has 0 aliphatic carbocycles. The van der Waals surface area contributed by atoms with Crippen molar-refractivity contribution in [3.8, 4) is 0 Å². The van der Waals surface area contributed by atoms with Crippen LogP contribution in [0.3, 0.4) is 0 Å². The van der Waals surface area contributed by atoms with Crippen LogP contribution in [-0.4, -0.2) is 27.8 Å². The molecule has 0 fully saturated rings. The molecule has 11 heteroatoms. The molecule has 3 rings (SSSR count). The van der Waals surface area contributed by atoms with Gasteiger partial charge in [0.05, 0.1) is 16.9 Å². The number of aromatic nitrogens is 2. The third-order valence-corrected chi connectivity index (χ3v) is 6.34. The minimum atomic E-state index is -4.66. The van der Waals surface area contributed by atoms with Crippen molar-refractivity contribution in [2.75, 3.05) is 16.4 Å². The number of benzene rings is 2. The van der Waals surface area contributed by atoms with E-state index >= 15 is 0 Å². The normalized spacial score (nSPS) is 11.3. The summed E-state index contributed by atoms with van der Waals surface area (Å²) in [6, 6.07) is 8.45. The molecule has 0 saturated heterocycles. The summed E-state index contributed by atoms with van der Waals surface area (Å²) >= 11 is 2.09. The van der Waals surface area contributed by atoms with Gasteiger partial charge in [-0.2, -0.15) is 13.2 Å². The van der Waals surface area contributed by atoms with E-state index in [4.69, 9.17) is 0 Å². The lowest BCUT2D eigenvalue weighted by atomic mass is 10.1. The number of hydrogen-bond donors (Lipinski definition) is 2. The predicted molar refractivity (Wildman–Crippen MR) is 119 cm³/mol. The standard InChI is InChI=1S/C21H19F3N4O2S2/c1-11-8-12(2)17(13(3)9-11)25-16(29)10-31-20-28-27-19(32-20)26-18(30)14-6-4-5-7-15(14)21(22,23)24/h4-9H,10H2,1-3H3,(H,25,29)(H,26,27,30). The first-order valence-corrected chi connectivity index (χ1v) is 11.2. The molecular weight excluding hydrogens is 461 g/mol. The summed E-state index contributed by atoms with van der Waals surface area (Å²) in [5.41, 5.74) is 2.24. The number of nitrogens with one attached hydrogen (secondary N) is 2. The second-order valence-electron chi connectivity index (χ2n) is 6.98. The van der Waals surface area contributed by atoms with Gasteiger partial charge in [0, 0.05) is 5.69 Å². The predicted octanol–water partition coefficient (Wildman–Crippen LogP) is 5.47. The summed E-state index contributed by atoms with van der Waals surface area (Å²) in [5.74, 6) is -1.11. The van der Waals surface area contributed by atoms with Gasteiger partial charge in [0.1, 0.15) is 0 Å². The maximum Gasteiger partial charge on any atom is 0.417 e. The molecule has 2 N–H and O–H groups in total. The Balaban J connectivity index is 1.60. The van der Waals surface area contributed by atoms with Gasteiger partial charge in [0.25, 0.3) is 5.91 Å². The summed E-state index contributed by atoms with van der Waals surface area (Å²) < 4.78 is 39.7. The highest BCUT2D eigenvalue weighted by molar-refractivity contribution is 8.01. The van der Waals surface area contributed by atoms with Gasteiger partial charge < -0.3 is 5.32 Å². The maximum atomic E-state index is 13.1. The molecule has 0 radical (unpaired) electrons. The van der Waals surface area contributed by atoms with E-state index in [1.807, 2.05) is 32.9 Å².